The van der Waals surface area contributed by atoms with Crippen LogP contribution in [0.15, 0.2) is 23.1 Å². The van der Waals surface area contributed by atoms with Crippen LogP contribution in [0.3, 0.4) is 0 Å². The third-order valence-electron chi connectivity index (χ3n) is 2.42. The number of hydrogen-bond acceptors (Lipinski definition) is 5. The second kappa shape index (κ2) is 5.02. The quantitative estimate of drug-likeness (QED) is 0.862. The van der Waals surface area contributed by atoms with Gasteiger partial charge in [-0.1, -0.05) is 6.07 Å². The molecule has 0 fully saturated rings. The molecule has 0 atom stereocenters. The molecule has 0 spiro atoms. The molecule has 7 nitrogen and oxygen atoms in total. The Hall–Kier alpha value is -1.87. The molecule has 102 valence electrons. The highest BCUT2D eigenvalue weighted by Crippen LogP contribution is 2.14. The van der Waals surface area contributed by atoms with E-state index in [9.17, 15) is 12.8 Å². The van der Waals surface area contributed by atoms with E-state index in [1.807, 2.05) is 0 Å². The lowest BCUT2D eigenvalue weighted by Gasteiger charge is -2.05. The Labute approximate surface area is 109 Å². The van der Waals surface area contributed by atoms with Crippen molar-refractivity contribution in [2.75, 3.05) is 0 Å². The molecule has 0 radical (unpaired) electrons. The van der Waals surface area contributed by atoms with E-state index in [4.69, 9.17) is 0 Å². The van der Waals surface area contributed by atoms with Crippen molar-refractivity contribution >= 4 is 10.0 Å². The van der Waals surface area contributed by atoms with Gasteiger partial charge in [-0.2, -0.15) is 4.80 Å². The van der Waals surface area contributed by atoms with Crippen LogP contribution < -0.4 is 4.72 Å². The van der Waals surface area contributed by atoms with Crippen LogP contribution in [0.2, 0.25) is 0 Å². The molecule has 1 aromatic carbocycles. The van der Waals surface area contributed by atoms with Gasteiger partial charge in [0.15, 0.2) is 5.82 Å². The maximum atomic E-state index is 13.3. The summed E-state index contributed by atoms with van der Waals surface area (Å²) in [6, 6.07) is 3.72. The largest absolute Gasteiger partial charge is 0.241 e. The number of aryl methyl sites for hydroxylation is 2. The van der Waals surface area contributed by atoms with Crippen molar-refractivity contribution in [3.8, 4) is 0 Å². The van der Waals surface area contributed by atoms with Crippen LogP contribution in [0.25, 0.3) is 0 Å². The number of benzene rings is 1. The van der Waals surface area contributed by atoms with E-state index in [-0.39, 0.29) is 17.3 Å². The lowest BCUT2D eigenvalue weighted by atomic mass is 10.2. The zero-order valence-electron chi connectivity index (χ0n) is 10.3. The molecule has 9 heteroatoms. The Balaban J connectivity index is 2.16. The summed E-state index contributed by atoms with van der Waals surface area (Å²) in [6.45, 7) is 1.45. The predicted octanol–water partition coefficient (Wildman–Crippen LogP) is 0.136. The molecular formula is C10H12FN5O2S. The SMILES string of the molecule is Cc1ccc(S(=O)(=O)NCc2nnn(C)n2)cc1F. The summed E-state index contributed by atoms with van der Waals surface area (Å²) in [5.41, 5.74) is 0.384. The van der Waals surface area contributed by atoms with Crippen molar-refractivity contribution in [1.29, 1.82) is 0 Å². The molecule has 0 bridgehead atoms. The second-order valence-electron chi connectivity index (χ2n) is 3.93. The average Bonchev–Trinajstić information content (AvgIpc) is 2.76. The van der Waals surface area contributed by atoms with E-state index in [2.05, 4.69) is 20.1 Å². The molecule has 1 N–H and O–H groups in total. The first-order valence-corrected chi connectivity index (χ1v) is 6.85. The molecule has 0 unspecified atom stereocenters. The smallest absolute Gasteiger partial charge is 0.207 e. The van der Waals surface area contributed by atoms with Gasteiger partial charge in [-0.05, 0) is 29.8 Å². The molecule has 1 heterocycles. The van der Waals surface area contributed by atoms with Crippen molar-refractivity contribution in [2.45, 2.75) is 18.4 Å². The van der Waals surface area contributed by atoms with E-state index in [0.717, 1.165) is 6.07 Å². The summed E-state index contributed by atoms with van der Waals surface area (Å²) >= 11 is 0. The third kappa shape index (κ3) is 3.12. The minimum Gasteiger partial charge on any atom is -0.207 e. The average molecular weight is 285 g/mol. The first-order valence-electron chi connectivity index (χ1n) is 5.37. The fourth-order valence-electron chi connectivity index (χ4n) is 1.38. The van der Waals surface area contributed by atoms with Gasteiger partial charge < -0.3 is 0 Å². The van der Waals surface area contributed by atoms with Crippen molar-refractivity contribution in [1.82, 2.24) is 24.9 Å². The van der Waals surface area contributed by atoms with Crippen molar-refractivity contribution < 1.29 is 12.8 Å². The Morgan fingerprint density at radius 2 is 2.16 bits per heavy atom. The zero-order valence-corrected chi connectivity index (χ0v) is 11.1. The summed E-state index contributed by atoms with van der Waals surface area (Å²) in [5, 5.41) is 11.1. The van der Waals surface area contributed by atoms with Crippen molar-refractivity contribution in [3.05, 3.63) is 35.4 Å². The highest BCUT2D eigenvalue weighted by Gasteiger charge is 2.16. The van der Waals surface area contributed by atoms with Crippen LogP contribution in [0, 0.1) is 12.7 Å². The van der Waals surface area contributed by atoms with Gasteiger partial charge in [-0.15, -0.1) is 10.2 Å². The van der Waals surface area contributed by atoms with Gasteiger partial charge in [0, 0.05) is 0 Å². The zero-order chi connectivity index (χ0) is 14.0. The van der Waals surface area contributed by atoms with Crippen LogP contribution >= 0.6 is 0 Å². The molecule has 0 aliphatic carbocycles. The molecular weight excluding hydrogens is 273 g/mol. The van der Waals surface area contributed by atoms with Gasteiger partial charge in [-0.25, -0.2) is 17.5 Å². The van der Waals surface area contributed by atoms with Crippen LogP contribution in [-0.4, -0.2) is 28.6 Å². The molecule has 2 aromatic rings. The number of aromatic nitrogens is 4. The maximum absolute atomic E-state index is 13.3. The first-order chi connectivity index (χ1) is 8.88. The lowest BCUT2D eigenvalue weighted by Crippen LogP contribution is -2.24. The number of tetrazole rings is 1. The standard InChI is InChI=1S/C10H12FN5O2S/c1-7-3-4-8(5-9(7)11)19(17,18)12-6-10-13-15-16(2)14-10/h3-5,12H,6H2,1-2H3. The third-order valence-corrected chi connectivity index (χ3v) is 3.82. The number of sulfonamides is 1. The van der Waals surface area contributed by atoms with Crippen LogP contribution in [0.1, 0.15) is 11.4 Å². The second-order valence-corrected chi connectivity index (χ2v) is 5.70. The Bertz CT molecular complexity index is 698. The summed E-state index contributed by atoms with van der Waals surface area (Å²) in [7, 11) is -2.23. The Kier molecular flexibility index (Phi) is 3.58. The van der Waals surface area contributed by atoms with Crippen LogP contribution in [0.5, 0.6) is 0 Å². The fourth-order valence-corrected chi connectivity index (χ4v) is 2.37. The van der Waals surface area contributed by atoms with Crippen molar-refractivity contribution in [2.24, 2.45) is 7.05 Å². The minimum atomic E-state index is -3.80. The molecule has 0 saturated heterocycles. The number of hydrogen-bond donors (Lipinski definition) is 1. The van der Waals surface area contributed by atoms with Crippen molar-refractivity contribution in [3.63, 3.8) is 0 Å². The lowest BCUT2D eigenvalue weighted by molar-refractivity contribution is 0.574. The molecule has 1 aromatic heterocycles. The van der Waals surface area contributed by atoms with E-state index in [1.54, 1.807) is 14.0 Å². The summed E-state index contributed by atoms with van der Waals surface area (Å²) in [6.07, 6.45) is 0. The normalized spacial score (nSPS) is 11.7. The van der Waals surface area contributed by atoms with Gasteiger partial charge in [0.05, 0.1) is 18.5 Å². The molecule has 0 amide bonds. The number of rotatable bonds is 4. The van der Waals surface area contributed by atoms with Gasteiger partial charge in [-0.3, -0.25) is 0 Å². The molecule has 0 saturated carbocycles. The van der Waals surface area contributed by atoms with E-state index in [1.165, 1.54) is 16.9 Å². The number of nitrogens with one attached hydrogen (secondary N) is 1. The monoisotopic (exact) mass is 285 g/mol. The first kappa shape index (κ1) is 13.6. The summed E-state index contributed by atoms with van der Waals surface area (Å²) in [4.78, 5) is 1.08. The molecule has 19 heavy (non-hydrogen) atoms. The van der Waals surface area contributed by atoms with Crippen LogP contribution in [0.4, 0.5) is 4.39 Å². The topological polar surface area (TPSA) is 89.8 Å². The molecule has 0 aliphatic heterocycles. The Morgan fingerprint density at radius 1 is 1.42 bits per heavy atom. The van der Waals surface area contributed by atoms with Crippen LogP contribution in [-0.2, 0) is 23.6 Å². The van der Waals surface area contributed by atoms with E-state index in [0.29, 0.717) is 5.56 Å². The van der Waals surface area contributed by atoms with E-state index < -0.39 is 15.8 Å². The maximum Gasteiger partial charge on any atom is 0.241 e. The van der Waals surface area contributed by atoms with Gasteiger partial charge in [0.25, 0.3) is 0 Å². The highest BCUT2D eigenvalue weighted by molar-refractivity contribution is 7.89. The van der Waals surface area contributed by atoms with Gasteiger partial charge >= 0.3 is 0 Å². The van der Waals surface area contributed by atoms with Gasteiger partial charge in [0.2, 0.25) is 10.0 Å². The predicted molar refractivity (Wildman–Crippen MR) is 64.0 cm³/mol. The summed E-state index contributed by atoms with van der Waals surface area (Å²) < 4.78 is 39.5. The highest BCUT2D eigenvalue weighted by atomic mass is 32.2. The minimum absolute atomic E-state index is 0.105. The summed E-state index contributed by atoms with van der Waals surface area (Å²) in [5.74, 6) is -0.334. The molecule has 2 rings (SSSR count). The molecule has 0 aliphatic rings. The number of halogens is 1. The fraction of sp³-hybridized carbons (Fsp3) is 0.300. The van der Waals surface area contributed by atoms with E-state index >= 15 is 0 Å². The van der Waals surface area contributed by atoms with Gasteiger partial charge in [0.1, 0.15) is 5.82 Å². The number of nitrogens with zero attached hydrogens (tertiary/aromatic N) is 4. The Morgan fingerprint density at radius 3 is 2.74 bits per heavy atom.